The molecule has 0 saturated carbocycles. The Morgan fingerprint density at radius 3 is 2.32 bits per heavy atom. The van der Waals surface area contributed by atoms with Gasteiger partial charge >= 0.3 is 12.0 Å². The number of carbonyl (C=O) groups is 3. The Hall–Kier alpha value is -1.79. The fourth-order valence-corrected chi connectivity index (χ4v) is 1.82. The molecule has 0 spiro atoms. The number of piperazine rings is 1. The zero-order chi connectivity index (χ0) is 14.8. The minimum absolute atomic E-state index is 0.00152. The van der Waals surface area contributed by atoms with Gasteiger partial charge in [0.1, 0.15) is 13.1 Å². The number of carboxylic acids is 1. The minimum Gasteiger partial charge on any atom is -0.480 e. The van der Waals surface area contributed by atoms with Crippen LogP contribution in [0.4, 0.5) is 4.79 Å². The number of rotatable bonds is 2. The van der Waals surface area contributed by atoms with Crippen LogP contribution < -0.4 is 0 Å². The van der Waals surface area contributed by atoms with Crippen LogP contribution in [0.15, 0.2) is 0 Å². The lowest BCUT2D eigenvalue weighted by Gasteiger charge is -2.40. The van der Waals surface area contributed by atoms with Crippen LogP contribution in [0.5, 0.6) is 0 Å². The van der Waals surface area contributed by atoms with Crippen molar-refractivity contribution in [2.45, 2.75) is 26.3 Å². The van der Waals surface area contributed by atoms with E-state index in [1.807, 2.05) is 0 Å². The van der Waals surface area contributed by atoms with E-state index >= 15 is 0 Å². The molecule has 0 aromatic heterocycles. The lowest BCUT2D eigenvalue weighted by Crippen LogP contribution is -2.58. The van der Waals surface area contributed by atoms with E-state index in [1.54, 1.807) is 32.7 Å². The van der Waals surface area contributed by atoms with Gasteiger partial charge < -0.3 is 19.8 Å². The van der Waals surface area contributed by atoms with E-state index in [0.717, 1.165) is 0 Å². The van der Waals surface area contributed by atoms with Gasteiger partial charge in [0, 0.05) is 25.7 Å². The topological polar surface area (TPSA) is 81.2 Å². The van der Waals surface area contributed by atoms with Crippen molar-refractivity contribution in [2.75, 3.05) is 33.2 Å². The molecule has 1 heterocycles. The third kappa shape index (κ3) is 3.84. The Morgan fingerprint density at radius 1 is 1.32 bits per heavy atom. The predicted octanol–water partition coefficient (Wildman–Crippen LogP) is 0.0655. The summed E-state index contributed by atoms with van der Waals surface area (Å²) in [5, 5.41) is 8.90. The molecule has 7 heteroatoms. The fourth-order valence-electron chi connectivity index (χ4n) is 1.82. The summed E-state index contributed by atoms with van der Waals surface area (Å²) in [5.74, 6) is -1.20. The monoisotopic (exact) mass is 271 g/mol. The van der Waals surface area contributed by atoms with Crippen molar-refractivity contribution in [1.82, 2.24) is 14.7 Å². The van der Waals surface area contributed by atoms with E-state index in [-0.39, 0.29) is 19.0 Å². The molecule has 0 aliphatic carbocycles. The second kappa shape index (κ2) is 5.46. The van der Waals surface area contributed by atoms with Crippen molar-refractivity contribution in [3.05, 3.63) is 0 Å². The molecule has 1 rings (SSSR count). The molecule has 1 aliphatic rings. The van der Waals surface area contributed by atoms with Crippen LogP contribution in [0.1, 0.15) is 20.8 Å². The second-order valence-electron chi connectivity index (χ2n) is 5.67. The third-order valence-electron chi connectivity index (χ3n) is 3.06. The molecule has 3 amide bonds. The van der Waals surface area contributed by atoms with E-state index in [0.29, 0.717) is 13.1 Å². The van der Waals surface area contributed by atoms with Gasteiger partial charge in [-0.2, -0.15) is 0 Å². The zero-order valence-corrected chi connectivity index (χ0v) is 11.8. The standard InChI is InChI=1S/C12H21N3O4/c1-12(2,3)15(8-10(17)18)11(19)14-6-5-13(4)9(16)7-14/h5-8H2,1-4H3,(H,17,18). The maximum absolute atomic E-state index is 12.4. The molecule has 1 saturated heterocycles. The number of nitrogens with zero attached hydrogens (tertiary/aromatic N) is 3. The average molecular weight is 271 g/mol. The maximum atomic E-state index is 12.4. The first-order valence-corrected chi connectivity index (χ1v) is 6.15. The van der Waals surface area contributed by atoms with E-state index in [2.05, 4.69) is 0 Å². The highest BCUT2D eigenvalue weighted by molar-refractivity contribution is 5.87. The van der Waals surface area contributed by atoms with Gasteiger partial charge in [0.25, 0.3) is 0 Å². The Bertz CT molecular complexity index is 389. The molecule has 7 nitrogen and oxygen atoms in total. The number of hydrogen-bond donors (Lipinski definition) is 1. The fraction of sp³-hybridized carbons (Fsp3) is 0.750. The summed E-state index contributed by atoms with van der Waals surface area (Å²) in [6.07, 6.45) is 0. The van der Waals surface area contributed by atoms with Crippen LogP contribution >= 0.6 is 0 Å². The number of carbonyl (C=O) groups excluding carboxylic acids is 2. The Labute approximate surface area is 112 Å². The van der Waals surface area contributed by atoms with Crippen LogP contribution in [0.2, 0.25) is 0 Å². The summed E-state index contributed by atoms with van der Waals surface area (Å²) in [5.41, 5.74) is -0.609. The molecule has 0 atom stereocenters. The number of likely N-dealkylation sites (N-methyl/N-ethyl adjacent to an activating group) is 1. The van der Waals surface area contributed by atoms with E-state index in [9.17, 15) is 14.4 Å². The van der Waals surface area contributed by atoms with Crippen LogP contribution in [-0.4, -0.2) is 76.5 Å². The summed E-state index contributed by atoms with van der Waals surface area (Å²) in [6, 6.07) is -0.406. The van der Waals surface area contributed by atoms with Gasteiger partial charge in [-0.3, -0.25) is 9.59 Å². The maximum Gasteiger partial charge on any atom is 0.323 e. The first-order valence-electron chi connectivity index (χ1n) is 6.15. The molecule has 0 unspecified atom stereocenters. The van der Waals surface area contributed by atoms with Gasteiger partial charge in [-0.1, -0.05) is 0 Å². The molecular formula is C12H21N3O4. The van der Waals surface area contributed by atoms with Crippen molar-refractivity contribution in [3.8, 4) is 0 Å². The number of hydrogen-bond acceptors (Lipinski definition) is 3. The summed E-state index contributed by atoms with van der Waals surface area (Å²) in [6.45, 7) is 5.83. The highest BCUT2D eigenvalue weighted by atomic mass is 16.4. The van der Waals surface area contributed by atoms with Crippen LogP contribution in [0, 0.1) is 0 Å². The highest BCUT2D eigenvalue weighted by Gasteiger charge is 2.34. The Kier molecular flexibility index (Phi) is 4.39. The van der Waals surface area contributed by atoms with Crippen LogP contribution in [0.3, 0.4) is 0 Å². The molecule has 1 fully saturated rings. The molecule has 1 N–H and O–H groups in total. The van der Waals surface area contributed by atoms with Crippen molar-refractivity contribution < 1.29 is 19.5 Å². The summed E-state index contributed by atoms with van der Waals surface area (Å²) in [4.78, 5) is 39.1. The third-order valence-corrected chi connectivity index (χ3v) is 3.06. The zero-order valence-electron chi connectivity index (χ0n) is 11.8. The van der Waals surface area contributed by atoms with E-state index in [1.165, 1.54) is 9.80 Å². The molecule has 19 heavy (non-hydrogen) atoms. The lowest BCUT2D eigenvalue weighted by molar-refractivity contribution is -0.139. The normalized spacial score (nSPS) is 16.5. The van der Waals surface area contributed by atoms with Crippen molar-refractivity contribution >= 4 is 17.9 Å². The van der Waals surface area contributed by atoms with E-state index in [4.69, 9.17) is 5.11 Å². The highest BCUT2D eigenvalue weighted by Crippen LogP contribution is 2.16. The Morgan fingerprint density at radius 2 is 1.89 bits per heavy atom. The summed E-state index contributed by atoms with van der Waals surface area (Å²) >= 11 is 0. The molecule has 0 aromatic carbocycles. The quantitative estimate of drug-likeness (QED) is 0.770. The number of amides is 3. The molecule has 108 valence electrons. The van der Waals surface area contributed by atoms with Gasteiger partial charge in [-0.05, 0) is 20.8 Å². The van der Waals surface area contributed by atoms with E-state index < -0.39 is 17.5 Å². The lowest BCUT2D eigenvalue weighted by atomic mass is 10.1. The van der Waals surface area contributed by atoms with Crippen LogP contribution in [-0.2, 0) is 9.59 Å². The summed E-state index contributed by atoms with van der Waals surface area (Å²) < 4.78 is 0. The van der Waals surface area contributed by atoms with Gasteiger partial charge in [-0.15, -0.1) is 0 Å². The number of carboxylic acid groups (broad SMARTS) is 1. The average Bonchev–Trinajstić information content (AvgIpc) is 2.27. The largest absolute Gasteiger partial charge is 0.480 e. The molecule has 1 aliphatic heterocycles. The van der Waals surface area contributed by atoms with Gasteiger partial charge in [0.05, 0.1) is 0 Å². The molecular weight excluding hydrogens is 250 g/mol. The predicted molar refractivity (Wildman–Crippen MR) is 68.7 cm³/mol. The summed E-state index contributed by atoms with van der Waals surface area (Å²) in [7, 11) is 1.68. The minimum atomic E-state index is -1.07. The van der Waals surface area contributed by atoms with Gasteiger partial charge in [-0.25, -0.2) is 4.79 Å². The second-order valence-corrected chi connectivity index (χ2v) is 5.67. The SMILES string of the molecule is CN1CCN(C(=O)N(CC(=O)O)C(C)(C)C)CC1=O. The number of aliphatic carboxylic acids is 1. The van der Waals surface area contributed by atoms with Gasteiger partial charge in [0.2, 0.25) is 5.91 Å². The van der Waals surface area contributed by atoms with Crippen molar-refractivity contribution in [3.63, 3.8) is 0 Å². The van der Waals surface area contributed by atoms with Crippen molar-refractivity contribution in [1.29, 1.82) is 0 Å². The van der Waals surface area contributed by atoms with Crippen molar-refractivity contribution in [2.24, 2.45) is 0 Å². The van der Waals surface area contributed by atoms with Crippen LogP contribution in [0.25, 0.3) is 0 Å². The number of urea groups is 1. The first-order chi connectivity index (χ1) is 8.62. The molecule has 0 aromatic rings. The molecule has 0 bridgehead atoms. The first kappa shape index (κ1) is 15.3. The van der Waals surface area contributed by atoms with Gasteiger partial charge in [0.15, 0.2) is 0 Å². The molecule has 0 radical (unpaired) electrons. The smallest absolute Gasteiger partial charge is 0.323 e. The Balaban J connectivity index is 2.82.